The van der Waals surface area contributed by atoms with Gasteiger partial charge in [-0.25, -0.2) is 8.96 Å². The molecule has 0 radical (unpaired) electrons. The Morgan fingerprint density at radius 1 is 0.730 bits per heavy atom. The molecule has 4 aromatic carbocycles. The van der Waals surface area contributed by atoms with Gasteiger partial charge in [0.2, 0.25) is 5.69 Å². The smallest absolute Gasteiger partial charge is 0.216 e. The monoisotopic (exact) mass is 500 g/mol. The molecule has 0 N–H and O–H groups in total. The van der Waals surface area contributed by atoms with Gasteiger partial charge in [0.1, 0.15) is 32.1 Å². The molecule has 1 aliphatic rings. The van der Waals surface area contributed by atoms with Gasteiger partial charge in [-0.15, -0.1) is 0 Å². The van der Waals surface area contributed by atoms with Crippen LogP contribution in [0.3, 0.4) is 0 Å². The number of nitrogens with zero attached hydrogens (tertiary/aromatic N) is 1. The van der Waals surface area contributed by atoms with Crippen LogP contribution in [-0.4, -0.2) is 8.07 Å². The quantitative estimate of drug-likeness (QED) is 0.185. The van der Waals surface area contributed by atoms with Crippen LogP contribution in [0.1, 0.15) is 5.56 Å². The van der Waals surface area contributed by atoms with Crippen LogP contribution < -0.4 is 14.9 Å². The van der Waals surface area contributed by atoms with Gasteiger partial charge in [0.15, 0.2) is 6.20 Å². The number of rotatable bonds is 2. The normalized spacial score (nSPS) is 13.8. The summed E-state index contributed by atoms with van der Waals surface area (Å²) in [5.74, 6) is -0.259. The highest BCUT2D eigenvalue weighted by atomic mass is 28.3. The lowest BCUT2D eigenvalue weighted by atomic mass is 9.97. The van der Waals surface area contributed by atoms with Gasteiger partial charge < -0.3 is 4.42 Å². The van der Waals surface area contributed by atoms with Crippen LogP contribution in [0.2, 0.25) is 13.1 Å². The highest BCUT2D eigenvalue weighted by Crippen LogP contribution is 2.42. The maximum atomic E-state index is 15.7. The van der Waals surface area contributed by atoms with Crippen molar-refractivity contribution in [3.63, 3.8) is 0 Å². The zero-order chi connectivity index (χ0) is 25.5. The summed E-state index contributed by atoms with van der Waals surface area (Å²) in [6.45, 7) is 6.87. The summed E-state index contributed by atoms with van der Waals surface area (Å²) < 4.78 is 24.4. The molecule has 0 spiro atoms. The van der Waals surface area contributed by atoms with E-state index < -0.39 is 8.07 Å². The number of benzene rings is 4. The summed E-state index contributed by atoms with van der Waals surface area (Å²) in [4.78, 5) is 0. The summed E-state index contributed by atoms with van der Waals surface area (Å²) in [6, 6.07) is 29.0. The van der Waals surface area contributed by atoms with E-state index in [1.54, 1.807) is 6.07 Å². The van der Waals surface area contributed by atoms with E-state index in [1.165, 1.54) is 21.5 Å². The van der Waals surface area contributed by atoms with Gasteiger partial charge in [0.05, 0.1) is 11.1 Å². The van der Waals surface area contributed by atoms with Crippen molar-refractivity contribution in [1.82, 2.24) is 0 Å². The molecule has 3 heterocycles. The third kappa shape index (κ3) is 3.06. The fraction of sp³-hybridized carbons (Fsp3) is 0.121. The molecular weight excluding hydrogens is 473 g/mol. The number of aryl methyl sites for hydroxylation is 2. The van der Waals surface area contributed by atoms with E-state index >= 15 is 4.39 Å². The Balaban J connectivity index is 1.51. The van der Waals surface area contributed by atoms with Crippen molar-refractivity contribution in [2.75, 3.05) is 0 Å². The van der Waals surface area contributed by atoms with E-state index in [4.69, 9.17) is 4.42 Å². The Hall–Kier alpha value is -4.02. The van der Waals surface area contributed by atoms with E-state index in [0.717, 1.165) is 38.7 Å². The number of furan rings is 1. The van der Waals surface area contributed by atoms with E-state index in [2.05, 4.69) is 85.2 Å². The number of pyridine rings is 1. The molecule has 0 unspecified atom stereocenters. The van der Waals surface area contributed by atoms with Crippen LogP contribution in [0, 0.1) is 12.7 Å². The van der Waals surface area contributed by atoms with Crippen molar-refractivity contribution in [1.29, 1.82) is 0 Å². The van der Waals surface area contributed by atoms with Gasteiger partial charge in [-0.3, -0.25) is 0 Å². The molecule has 6 aromatic rings. The van der Waals surface area contributed by atoms with Gasteiger partial charge in [-0.2, -0.15) is 0 Å². The van der Waals surface area contributed by atoms with Gasteiger partial charge in [-0.1, -0.05) is 67.7 Å². The van der Waals surface area contributed by atoms with Crippen molar-refractivity contribution < 1.29 is 13.4 Å². The molecule has 2 nitrogen and oxygen atoms in total. The molecule has 180 valence electrons. The van der Waals surface area contributed by atoms with Crippen molar-refractivity contribution in [3.05, 3.63) is 103 Å². The molecule has 0 aliphatic carbocycles. The van der Waals surface area contributed by atoms with E-state index in [9.17, 15) is 0 Å². The average Bonchev–Trinajstić information content (AvgIpc) is 3.37. The van der Waals surface area contributed by atoms with Crippen LogP contribution in [0.5, 0.6) is 0 Å². The van der Waals surface area contributed by atoms with Crippen molar-refractivity contribution >= 4 is 40.4 Å². The minimum atomic E-state index is -1.89. The van der Waals surface area contributed by atoms with Crippen LogP contribution in [-0.2, 0) is 7.05 Å². The molecule has 0 bridgehead atoms. The Kier molecular flexibility index (Phi) is 4.64. The minimum Gasteiger partial charge on any atom is -0.454 e. The second-order valence-corrected chi connectivity index (χ2v) is 15.0. The lowest BCUT2D eigenvalue weighted by molar-refractivity contribution is -0.660. The highest BCUT2D eigenvalue weighted by molar-refractivity contribution is 7.03. The van der Waals surface area contributed by atoms with Crippen molar-refractivity contribution in [2.24, 2.45) is 7.05 Å². The molecule has 0 atom stereocenters. The standard InChI is InChI=1S/C33H27FNOSi/c1-20-12-14-24-25-16-17-26(34)31(33(25)36-32(24)30(20)27-10-7-8-18-35(27)2)21-13-15-23-22-9-5-6-11-28(22)37(3,4)29(23)19-21/h5-19H,1-4H3/q+1. The maximum absolute atomic E-state index is 15.7. The van der Waals surface area contributed by atoms with Gasteiger partial charge in [-0.05, 0) is 57.8 Å². The summed E-state index contributed by atoms with van der Waals surface area (Å²) in [5, 5.41) is 4.74. The Labute approximate surface area is 216 Å². The predicted molar refractivity (Wildman–Crippen MR) is 153 cm³/mol. The summed E-state index contributed by atoms with van der Waals surface area (Å²) in [6.07, 6.45) is 2.04. The SMILES string of the molecule is Cc1ccc2c(oc3c(-c4ccc5c(c4)[Si](C)(C)c4ccccc4-5)c(F)ccc32)c1-c1cccc[n+]1C. The zero-order valence-corrected chi connectivity index (χ0v) is 22.4. The third-order valence-corrected chi connectivity index (χ3v) is 11.7. The highest BCUT2D eigenvalue weighted by Gasteiger charge is 2.37. The Morgan fingerprint density at radius 3 is 2.24 bits per heavy atom. The van der Waals surface area contributed by atoms with E-state index in [1.807, 2.05) is 31.4 Å². The zero-order valence-electron chi connectivity index (χ0n) is 21.4. The second kappa shape index (κ2) is 7.74. The second-order valence-electron chi connectivity index (χ2n) is 10.7. The number of halogens is 1. The number of hydrogen-bond acceptors (Lipinski definition) is 1. The summed E-state index contributed by atoms with van der Waals surface area (Å²) >= 11 is 0. The molecule has 0 fully saturated rings. The van der Waals surface area contributed by atoms with Gasteiger partial charge >= 0.3 is 0 Å². The van der Waals surface area contributed by atoms with Crippen LogP contribution >= 0.6 is 0 Å². The molecule has 0 saturated carbocycles. The first kappa shape index (κ1) is 22.2. The van der Waals surface area contributed by atoms with Gasteiger partial charge in [0, 0.05) is 22.9 Å². The van der Waals surface area contributed by atoms with E-state index in [-0.39, 0.29) is 5.82 Å². The molecule has 7 rings (SSSR count). The first-order chi connectivity index (χ1) is 17.9. The minimum absolute atomic E-state index is 0.259. The molecule has 4 heteroatoms. The van der Waals surface area contributed by atoms with Crippen molar-refractivity contribution in [2.45, 2.75) is 20.0 Å². The fourth-order valence-corrected chi connectivity index (χ4v) is 9.31. The van der Waals surface area contributed by atoms with Crippen LogP contribution in [0.4, 0.5) is 4.39 Å². The van der Waals surface area contributed by atoms with Crippen LogP contribution in [0.15, 0.2) is 95.5 Å². The fourth-order valence-electron chi connectivity index (χ4n) is 6.21. The van der Waals surface area contributed by atoms with Crippen LogP contribution in [0.25, 0.3) is 55.4 Å². The average molecular weight is 501 g/mol. The lowest BCUT2D eigenvalue weighted by Gasteiger charge is -2.19. The molecule has 1 aliphatic heterocycles. The molecule has 2 aromatic heterocycles. The first-order valence-electron chi connectivity index (χ1n) is 12.7. The number of hydrogen-bond donors (Lipinski definition) is 0. The summed E-state index contributed by atoms with van der Waals surface area (Å²) in [7, 11) is 0.152. The van der Waals surface area contributed by atoms with E-state index in [0.29, 0.717) is 11.1 Å². The van der Waals surface area contributed by atoms with Crippen molar-refractivity contribution in [3.8, 4) is 33.5 Å². The third-order valence-electron chi connectivity index (χ3n) is 8.15. The lowest BCUT2D eigenvalue weighted by Crippen LogP contribution is -2.49. The first-order valence-corrected chi connectivity index (χ1v) is 15.7. The largest absolute Gasteiger partial charge is 0.454 e. The number of fused-ring (bicyclic) bond motifs is 6. The Bertz CT molecular complexity index is 1900. The molecule has 0 saturated heterocycles. The molecule has 37 heavy (non-hydrogen) atoms. The molecular formula is C33H27FNOSi+. The predicted octanol–water partition coefficient (Wildman–Crippen LogP) is 7.00. The Morgan fingerprint density at radius 2 is 1.43 bits per heavy atom. The maximum Gasteiger partial charge on any atom is 0.216 e. The number of aromatic nitrogens is 1. The topological polar surface area (TPSA) is 17.0 Å². The summed E-state index contributed by atoms with van der Waals surface area (Å²) in [5.41, 5.74) is 8.65. The van der Waals surface area contributed by atoms with Gasteiger partial charge in [0.25, 0.3) is 0 Å². The molecule has 0 amide bonds.